The Hall–Kier alpha value is -0.820. The lowest BCUT2D eigenvalue weighted by Gasteiger charge is -2.30. The summed E-state index contributed by atoms with van der Waals surface area (Å²) in [5.41, 5.74) is 2.06. The highest BCUT2D eigenvalue weighted by Gasteiger charge is 2.14. The highest BCUT2D eigenvalue weighted by Crippen LogP contribution is 2.29. The summed E-state index contributed by atoms with van der Waals surface area (Å²) < 4.78 is 6.35. The van der Waals surface area contributed by atoms with Crippen molar-refractivity contribution < 1.29 is 14.9 Å². The Bertz CT molecular complexity index is 411. The number of nitrogens with one attached hydrogen (secondary N) is 1. The predicted molar refractivity (Wildman–Crippen MR) is 78.8 cm³/mol. The average Bonchev–Trinajstić information content (AvgIpc) is 2.45. The molecule has 5 nitrogen and oxygen atoms in total. The Kier molecular flexibility index (Phi) is 5.45. The van der Waals surface area contributed by atoms with Gasteiger partial charge in [-0.1, -0.05) is 0 Å². The molecule has 3 N–H and O–H groups in total. The second-order valence-electron chi connectivity index (χ2n) is 4.48. The summed E-state index contributed by atoms with van der Waals surface area (Å²) >= 11 is 3.57. The van der Waals surface area contributed by atoms with Gasteiger partial charge in [-0.2, -0.15) is 0 Å². The van der Waals surface area contributed by atoms with E-state index in [2.05, 4.69) is 26.1 Å². The Morgan fingerprint density at radius 2 is 2.11 bits per heavy atom. The summed E-state index contributed by atoms with van der Waals surface area (Å²) in [6, 6.07) is 6.00. The van der Waals surface area contributed by atoms with Crippen LogP contribution in [0.15, 0.2) is 22.7 Å². The molecule has 0 amide bonds. The molecule has 1 aliphatic heterocycles. The minimum atomic E-state index is -0.738. The molecule has 6 heteroatoms. The molecule has 0 aliphatic carbocycles. The van der Waals surface area contributed by atoms with Gasteiger partial charge in [0, 0.05) is 29.8 Å². The van der Waals surface area contributed by atoms with Gasteiger partial charge in [-0.05, 0) is 34.1 Å². The molecule has 2 rings (SSSR count). The van der Waals surface area contributed by atoms with Crippen molar-refractivity contribution >= 4 is 27.3 Å². The van der Waals surface area contributed by atoms with Crippen LogP contribution in [0.4, 0.5) is 11.4 Å². The topological polar surface area (TPSA) is 65.0 Å². The molecule has 1 unspecified atom stereocenters. The van der Waals surface area contributed by atoms with Gasteiger partial charge in [0.15, 0.2) is 0 Å². The van der Waals surface area contributed by atoms with E-state index in [9.17, 15) is 5.11 Å². The third-order valence-electron chi connectivity index (χ3n) is 3.05. The quantitative estimate of drug-likeness (QED) is 0.753. The second kappa shape index (κ2) is 7.09. The van der Waals surface area contributed by atoms with Crippen molar-refractivity contribution in [1.29, 1.82) is 0 Å². The van der Waals surface area contributed by atoms with Gasteiger partial charge in [0.25, 0.3) is 0 Å². The Morgan fingerprint density at radius 3 is 2.74 bits per heavy atom. The zero-order chi connectivity index (χ0) is 13.7. The largest absolute Gasteiger partial charge is 0.394 e. The molecule has 0 aromatic heterocycles. The predicted octanol–water partition coefficient (Wildman–Crippen LogP) is 1.05. The summed E-state index contributed by atoms with van der Waals surface area (Å²) in [5.74, 6) is 0. The van der Waals surface area contributed by atoms with Gasteiger partial charge in [-0.15, -0.1) is 0 Å². The van der Waals surface area contributed by atoms with Crippen molar-refractivity contribution in [2.75, 3.05) is 49.7 Å². The number of rotatable bonds is 5. The van der Waals surface area contributed by atoms with Crippen LogP contribution in [0.3, 0.4) is 0 Å². The van der Waals surface area contributed by atoms with E-state index in [0.29, 0.717) is 6.54 Å². The van der Waals surface area contributed by atoms with Crippen LogP contribution in [0.25, 0.3) is 0 Å². The van der Waals surface area contributed by atoms with Crippen molar-refractivity contribution in [3.63, 3.8) is 0 Å². The van der Waals surface area contributed by atoms with E-state index in [1.165, 1.54) is 0 Å². The first-order chi connectivity index (χ1) is 9.20. The number of anilines is 2. The van der Waals surface area contributed by atoms with Gasteiger partial charge < -0.3 is 25.2 Å². The molecule has 0 bridgehead atoms. The Morgan fingerprint density at radius 1 is 1.37 bits per heavy atom. The molecule has 1 aliphatic rings. The fraction of sp³-hybridized carbons (Fsp3) is 0.538. The maximum atomic E-state index is 9.30. The molecule has 0 spiro atoms. The van der Waals surface area contributed by atoms with Crippen molar-refractivity contribution in [3.8, 4) is 0 Å². The van der Waals surface area contributed by atoms with Gasteiger partial charge >= 0.3 is 0 Å². The van der Waals surface area contributed by atoms with E-state index in [0.717, 1.165) is 42.2 Å². The first-order valence-electron chi connectivity index (χ1n) is 6.35. The highest BCUT2D eigenvalue weighted by atomic mass is 79.9. The average molecular weight is 331 g/mol. The molecule has 0 radical (unpaired) electrons. The SMILES string of the molecule is OCC(O)CNc1ccc(N2CCOCC2)c(Br)c1. The lowest BCUT2D eigenvalue weighted by atomic mass is 10.2. The molecule has 106 valence electrons. The van der Waals surface area contributed by atoms with E-state index in [1.54, 1.807) is 0 Å². The summed E-state index contributed by atoms with van der Waals surface area (Å²) in [4.78, 5) is 2.28. The molecule has 1 atom stereocenters. The monoisotopic (exact) mass is 330 g/mol. The molecule has 0 saturated carbocycles. The van der Waals surface area contributed by atoms with Gasteiger partial charge in [-0.25, -0.2) is 0 Å². The van der Waals surface area contributed by atoms with Crippen LogP contribution >= 0.6 is 15.9 Å². The normalized spacial score (nSPS) is 17.3. The van der Waals surface area contributed by atoms with Crippen LogP contribution in [0.1, 0.15) is 0 Å². The molecule has 1 aromatic carbocycles. The number of ether oxygens (including phenoxy) is 1. The number of hydrogen-bond acceptors (Lipinski definition) is 5. The van der Waals surface area contributed by atoms with E-state index < -0.39 is 6.10 Å². The molecule has 1 saturated heterocycles. The standard InChI is InChI=1S/C13H19BrN2O3/c14-12-7-10(15-8-11(18)9-17)1-2-13(12)16-3-5-19-6-4-16/h1-2,7,11,15,17-18H,3-6,8-9H2. The minimum Gasteiger partial charge on any atom is -0.394 e. The first kappa shape index (κ1) is 14.6. The zero-order valence-electron chi connectivity index (χ0n) is 10.7. The van der Waals surface area contributed by atoms with Crippen LogP contribution < -0.4 is 10.2 Å². The van der Waals surface area contributed by atoms with E-state index in [1.807, 2.05) is 18.2 Å². The zero-order valence-corrected chi connectivity index (χ0v) is 12.3. The third kappa shape index (κ3) is 4.07. The lowest BCUT2D eigenvalue weighted by Crippen LogP contribution is -2.36. The van der Waals surface area contributed by atoms with Gasteiger partial charge in [0.05, 0.1) is 31.6 Å². The number of aliphatic hydroxyl groups is 2. The van der Waals surface area contributed by atoms with Gasteiger partial charge in [-0.3, -0.25) is 0 Å². The van der Waals surface area contributed by atoms with Gasteiger partial charge in [0.2, 0.25) is 0 Å². The fourth-order valence-electron chi connectivity index (χ4n) is 1.98. The number of nitrogens with zero attached hydrogens (tertiary/aromatic N) is 1. The summed E-state index contributed by atoms with van der Waals surface area (Å²) in [7, 11) is 0. The van der Waals surface area contributed by atoms with Crippen molar-refractivity contribution in [3.05, 3.63) is 22.7 Å². The maximum Gasteiger partial charge on any atom is 0.0942 e. The second-order valence-corrected chi connectivity index (χ2v) is 5.34. The molecule has 19 heavy (non-hydrogen) atoms. The summed E-state index contributed by atoms with van der Waals surface area (Å²) in [6.45, 7) is 3.41. The highest BCUT2D eigenvalue weighted by molar-refractivity contribution is 9.10. The molecular weight excluding hydrogens is 312 g/mol. The van der Waals surface area contributed by atoms with E-state index in [4.69, 9.17) is 9.84 Å². The van der Waals surface area contributed by atoms with Crippen molar-refractivity contribution in [2.45, 2.75) is 6.10 Å². The van der Waals surface area contributed by atoms with Crippen molar-refractivity contribution in [1.82, 2.24) is 0 Å². The summed E-state index contributed by atoms with van der Waals surface area (Å²) in [5, 5.41) is 21.1. The van der Waals surface area contributed by atoms with Crippen LogP contribution in [0, 0.1) is 0 Å². The number of aliphatic hydroxyl groups excluding tert-OH is 2. The van der Waals surface area contributed by atoms with Crippen LogP contribution in [0.5, 0.6) is 0 Å². The Balaban J connectivity index is 2.00. The first-order valence-corrected chi connectivity index (χ1v) is 7.15. The van der Waals surface area contributed by atoms with E-state index >= 15 is 0 Å². The minimum absolute atomic E-state index is 0.236. The smallest absolute Gasteiger partial charge is 0.0942 e. The third-order valence-corrected chi connectivity index (χ3v) is 3.69. The number of hydrogen-bond donors (Lipinski definition) is 3. The fourth-order valence-corrected chi connectivity index (χ4v) is 2.61. The van der Waals surface area contributed by atoms with Crippen LogP contribution in [-0.2, 0) is 4.74 Å². The molecule has 1 aromatic rings. The van der Waals surface area contributed by atoms with Crippen LogP contribution in [-0.4, -0.2) is 55.8 Å². The molecule has 1 fully saturated rings. The number of benzene rings is 1. The summed E-state index contributed by atoms with van der Waals surface area (Å²) in [6.07, 6.45) is -0.738. The lowest BCUT2D eigenvalue weighted by molar-refractivity contribution is 0.105. The van der Waals surface area contributed by atoms with E-state index in [-0.39, 0.29) is 6.61 Å². The maximum absolute atomic E-state index is 9.30. The molecule has 1 heterocycles. The molecular formula is C13H19BrN2O3. The van der Waals surface area contributed by atoms with Crippen molar-refractivity contribution in [2.24, 2.45) is 0 Å². The van der Waals surface area contributed by atoms with Gasteiger partial charge in [0.1, 0.15) is 0 Å². The number of morpholine rings is 1. The van der Waals surface area contributed by atoms with Crippen LogP contribution in [0.2, 0.25) is 0 Å². The Labute approximate surface area is 121 Å². The number of halogens is 1.